The molecule has 0 spiro atoms. The SMILES string of the molecule is c1ccc2c(-c3ccc(N(c4ccc5c(c4)sc4ccccc45)c4cccc5oc6ccccc6c45)cc3)cc(-n3c4ccccc4c4ccccc43)cc2c1. The Balaban J connectivity index is 1.06. The predicted molar refractivity (Wildman–Crippen MR) is 239 cm³/mol. The van der Waals surface area contributed by atoms with Crippen molar-refractivity contribution in [1.82, 2.24) is 4.57 Å². The van der Waals surface area contributed by atoms with E-state index in [1.807, 2.05) is 17.4 Å². The number of rotatable bonds is 5. The van der Waals surface area contributed by atoms with Gasteiger partial charge in [-0.2, -0.15) is 0 Å². The van der Waals surface area contributed by atoms with E-state index in [-0.39, 0.29) is 0 Å². The number of hydrogen-bond acceptors (Lipinski definition) is 3. The Labute approximate surface area is 326 Å². The van der Waals surface area contributed by atoms with Gasteiger partial charge in [0, 0.05) is 53.4 Å². The average molecular weight is 733 g/mol. The van der Waals surface area contributed by atoms with E-state index in [9.17, 15) is 0 Å². The van der Waals surface area contributed by atoms with Gasteiger partial charge in [-0.15, -0.1) is 11.3 Å². The van der Waals surface area contributed by atoms with Gasteiger partial charge in [0.05, 0.1) is 22.1 Å². The molecule has 0 aliphatic heterocycles. The molecule has 0 aliphatic carbocycles. The number of hydrogen-bond donors (Lipinski definition) is 0. The Kier molecular flexibility index (Phi) is 6.80. The fraction of sp³-hybridized carbons (Fsp3) is 0. The zero-order valence-electron chi connectivity index (χ0n) is 30.2. The van der Waals surface area contributed by atoms with Crippen molar-refractivity contribution in [2.45, 2.75) is 0 Å². The highest BCUT2D eigenvalue weighted by atomic mass is 32.1. The molecule has 0 fully saturated rings. The molecular weight excluding hydrogens is 701 g/mol. The van der Waals surface area contributed by atoms with Gasteiger partial charge in [0.2, 0.25) is 0 Å². The first-order valence-corrected chi connectivity index (χ1v) is 19.8. The van der Waals surface area contributed by atoms with E-state index < -0.39 is 0 Å². The molecule has 0 N–H and O–H groups in total. The zero-order valence-corrected chi connectivity index (χ0v) is 31.0. The molecule has 0 saturated heterocycles. The van der Waals surface area contributed by atoms with Crippen LogP contribution >= 0.6 is 11.3 Å². The molecule has 0 saturated carbocycles. The normalized spacial score (nSPS) is 11.9. The van der Waals surface area contributed by atoms with Crippen LogP contribution in [-0.4, -0.2) is 4.57 Å². The first-order valence-electron chi connectivity index (χ1n) is 19.0. The maximum atomic E-state index is 6.41. The van der Waals surface area contributed by atoms with E-state index >= 15 is 0 Å². The van der Waals surface area contributed by atoms with E-state index in [4.69, 9.17) is 4.42 Å². The van der Waals surface area contributed by atoms with Crippen LogP contribution in [0.15, 0.2) is 199 Å². The minimum absolute atomic E-state index is 0.876. The smallest absolute Gasteiger partial charge is 0.137 e. The van der Waals surface area contributed by atoms with Crippen LogP contribution in [0.25, 0.3) is 91.5 Å². The Bertz CT molecular complexity index is 3440. The molecule has 0 radical (unpaired) electrons. The van der Waals surface area contributed by atoms with Crippen LogP contribution in [-0.2, 0) is 0 Å². The summed E-state index contributed by atoms with van der Waals surface area (Å²) in [5.41, 5.74) is 11.0. The van der Waals surface area contributed by atoms with Crippen LogP contribution in [0, 0.1) is 0 Å². The maximum absolute atomic E-state index is 6.41. The molecule has 3 aromatic heterocycles. The minimum atomic E-state index is 0.876. The molecule has 56 heavy (non-hydrogen) atoms. The van der Waals surface area contributed by atoms with Crippen molar-refractivity contribution in [3.05, 3.63) is 194 Å². The molecule has 3 nitrogen and oxygen atoms in total. The van der Waals surface area contributed by atoms with Gasteiger partial charge in [-0.25, -0.2) is 0 Å². The Hall–Kier alpha value is -7.14. The lowest BCUT2D eigenvalue weighted by Gasteiger charge is -2.26. The van der Waals surface area contributed by atoms with Crippen molar-refractivity contribution in [1.29, 1.82) is 0 Å². The van der Waals surface area contributed by atoms with Crippen molar-refractivity contribution in [3.63, 3.8) is 0 Å². The fourth-order valence-corrected chi connectivity index (χ4v) is 10.0. The second kappa shape index (κ2) is 12.2. The number of benzene rings is 9. The molecule has 12 aromatic rings. The first kappa shape index (κ1) is 31.2. The van der Waals surface area contributed by atoms with Crippen LogP contribution < -0.4 is 4.90 Å². The van der Waals surface area contributed by atoms with Gasteiger partial charge in [0.25, 0.3) is 0 Å². The second-order valence-corrected chi connectivity index (χ2v) is 15.6. The van der Waals surface area contributed by atoms with Crippen LogP contribution in [0.3, 0.4) is 0 Å². The molecule has 0 aliphatic rings. The summed E-state index contributed by atoms with van der Waals surface area (Å²) in [5, 5.41) is 9.76. The maximum Gasteiger partial charge on any atom is 0.137 e. The first-order chi connectivity index (χ1) is 27.8. The molecule has 0 amide bonds. The summed E-state index contributed by atoms with van der Waals surface area (Å²) < 4.78 is 11.4. The van der Waals surface area contributed by atoms with Gasteiger partial charge < -0.3 is 13.9 Å². The molecule has 9 aromatic carbocycles. The quantitative estimate of drug-likeness (QED) is 0.176. The van der Waals surface area contributed by atoms with E-state index in [0.29, 0.717) is 0 Å². The van der Waals surface area contributed by atoms with Crippen LogP contribution in [0.4, 0.5) is 17.1 Å². The fourth-order valence-electron chi connectivity index (χ4n) is 8.88. The Morgan fingerprint density at radius 3 is 1.86 bits per heavy atom. The number of aromatic nitrogens is 1. The molecule has 0 bridgehead atoms. The van der Waals surface area contributed by atoms with Gasteiger partial charge in [-0.3, -0.25) is 0 Å². The number of nitrogens with zero attached hydrogens (tertiary/aromatic N) is 2. The van der Waals surface area contributed by atoms with Crippen molar-refractivity contribution in [2.75, 3.05) is 4.90 Å². The van der Waals surface area contributed by atoms with Gasteiger partial charge in [0.1, 0.15) is 11.2 Å². The summed E-state index contributed by atoms with van der Waals surface area (Å²) in [6, 6.07) is 70.3. The van der Waals surface area contributed by atoms with Gasteiger partial charge in [0.15, 0.2) is 0 Å². The lowest BCUT2D eigenvalue weighted by molar-refractivity contribution is 0.669. The number of anilines is 3. The molecular formula is C52H32N2OS. The van der Waals surface area contributed by atoms with Crippen molar-refractivity contribution >= 4 is 103 Å². The topological polar surface area (TPSA) is 21.3 Å². The predicted octanol–water partition coefficient (Wildman–Crippen LogP) is 15.3. The van der Waals surface area contributed by atoms with E-state index in [1.165, 1.54) is 63.9 Å². The van der Waals surface area contributed by atoms with Gasteiger partial charge >= 0.3 is 0 Å². The molecule has 12 rings (SSSR count). The number of thiophene rings is 1. The van der Waals surface area contributed by atoms with E-state index in [1.54, 1.807) is 0 Å². The van der Waals surface area contributed by atoms with E-state index in [2.05, 4.69) is 198 Å². The molecule has 0 atom stereocenters. The summed E-state index contributed by atoms with van der Waals surface area (Å²) in [6.45, 7) is 0. The van der Waals surface area contributed by atoms with Crippen LogP contribution in [0.1, 0.15) is 0 Å². The van der Waals surface area contributed by atoms with Crippen molar-refractivity contribution in [2.24, 2.45) is 0 Å². The van der Waals surface area contributed by atoms with Crippen LogP contribution in [0.5, 0.6) is 0 Å². The third-order valence-corrected chi connectivity index (χ3v) is 12.5. The van der Waals surface area contributed by atoms with E-state index in [0.717, 1.165) is 44.7 Å². The van der Waals surface area contributed by atoms with Gasteiger partial charge in [-0.1, -0.05) is 121 Å². The molecule has 262 valence electrons. The molecule has 4 heteroatoms. The van der Waals surface area contributed by atoms with Crippen LogP contribution in [0.2, 0.25) is 0 Å². The summed E-state index contributed by atoms with van der Waals surface area (Å²) in [6.07, 6.45) is 0. The van der Waals surface area contributed by atoms with Crippen molar-refractivity contribution in [3.8, 4) is 16.8 Å². The third kappa shape index (κ3) is 4.70. The number of para-hydroxylation sites is 3. The summed E-state index contributed by atoms with van der Waals surface area (Å²) in [4.78, 5) is 2.39. The second-order valence-electron chi connectivity index (χ2n) is 14.5. The standard InChI is InChI=1S/C52H32N2OS/c1-2-13-38-34(12-1)30-37(54-45-18-7-3-14-39(45)40-15-4-8-19-46(40)54)31-44(38)33-24-26-35(27-25-33)53(36-28-29-42-41-16-6-10-23-50(41)56-51(42)32-36)47-20-11-22-49-52(47)43-17-5-9-21-48(43)55-49/h1-32H. The molecule has 3 heterocycles. The lowest BCUT2D eigenvalue weighted by atomic mass is 9.96. The highest BCUT2D eigenvalue weighted by molar-refractivity contribution is 7.25. The summed E-state index contributed by atoms with van der Waals surface area (Å²) >= 11 is 1.85. The highest BCUT2D eigenvalue weighted by Crippen LogP contribution is 2.46. The Morgan fingerprint density at radius 2 is 1.05 bits per heavy atom. The minimum Gasteiger partial charge on any atom is -0.456 e. The van der Waals surface area contributed by atoms with Crippen molar-refractivity contribution < 1.29 is 4.42 Å². The zero-order chi connectivity index (χ0) is 36.7. The van der Waals surface area contributed by atoms with Gasteiger partial charge in [-0.05, 0) is 94.7 Å². The number of fused-ring (bicyclic) bond motifs is 10. The monoisotopic (exact) mass is 732 g/mol. The lowest BCUT2D eigenvalue weighted by Crippen LogP contribution is -2.10. The summed E-state index contributed by atoms with van der Waals surface area (Å²) in [7, 11) is 0. The largest absolute Gasteiger partial charge is 0.456 e. The Morgan fingerprint density at radius 1 is 0.429 bits per heavy atom. The number of furan rings is 1. The third-order valence-electron chi connectivity index (χ3n) is 11.4. The summed E-state index contributed by atoms with van der Waals surface area (Å²) in [5.74, 6) is 0. The molecule has 0 unspecified atom stereocenters. The average Bonchev–Trinajstić information content (AvgIpc) is 3.93. The highest BCUT2D eigenvalue weighted by Gasteiger charge is 2.21.